The molecule has 0 bridgehead atoms. The molecule has 3 aromatic rings. The van der Waals surface area contributed by atoms with Gasteiger partial charge in [0, 0.05) is 18.2 Å². The Hall–Kier alpha value is -2.92. The number of phenols is 1. The van der Waals surface area contributed by atoms with E-state index in [9.17, 15) is 13.5 Å². The van der Waals surface area contributed by atoms with Gasteiger partial charge in [0.05, 0.1) is 19.7 Å². The van der Waals surface area contributed by atoms with Crippen molar-refractivity contribution in [2.75, 3.05) is 18.7 Å². The second-order valence-corrected chi connectivity index (χ2v) is 6.37. The molecule has 2 aromatic heterocycles. The minimum atomic E-state index is -3.67. The standard InChI is InChI=1S/C13H13N5O2.CH4O3S/c1-20-9-3-2-8(10(19)4-9)5-14-12-11-13(16-6-15-11)18-7-17-12;1-5(2,3)4/h2-4,6-7,19H,5H2,1H3,(H2,14,15,16,17,18);1H3,(H,2,3,4). The summed E-state index contributed by atoms with van der Waals surface area (Å²) in [5, 5.41) is 13.0. The van der Waals surface area contributed by atoms with Gasteiger partial charge in [-0.3, -0.25) is 4.55 Å². The van der Waals surface area contributed by atoms with Gasteiger partial charge in [-0.25, -0.2) is 15.0 Å². The number of nitrogens with zero attached hydrogens (tertiary/aromatic N) is 3. The van der Waals surface area contributed by atoms with Crippen LogP contribution in [0.5, 0.6) is 11.5 Å². The van der Waals surface area contributed by atoms with E-state index in [2.05, 4.69) is 25.3 Å². The maximum Gasteiger partial charge on any atom is 0.261 e. The molecular formula is C14H17N5O5S. The van der Waals surface area contributed by atoms with Crippen LogP contribution >= 0.6 is 0 Å². The van der Waals surface area contributed by atoms with Crippen LogP contribution in [0.3, 0.4) is 0 Å². The topological polar surface area (TPSA) is 150 Å². The Morgan fingerprint density at radius 2 is 2.00 bits per heavy atom. The van der Waals surface area contributed by atoms with Crippen molar-refractivity contribution in [2.24, 2.45) is 0 Å². The largest absolute Gasteiger partial charge is 0.507 e. The van der Waals surface area contributed by atoms with Gasteiger partial charge >= 0.3 is 0 Å². The number of rotatable bonds is 4. The Labute approximate surface area is 143 Å². The van der Waals surface area contributed by atoms with Crippen LogP contribution in [0, 0.1) is 0 Å². The molecule has 0 aliphatic heterocycles. The summed E-state index contributed by atoms with van der Waals surface area (Å²) in [6.07, 6.45) is 3.72. The van der Waals surface area contributed by atoms with Crippen LogP contribution in [0.25, 0.3) is 11.2 Å². The van der Waals surface area contributed by atoms with E-state index in [0.717, 1.165) is 11.1 Å². The molecule has 0 amide bonds. The fourth-order valence-electron chi connectivity index (χ4n) is 1.90. The number of anilines is 1. The number of H-pyrrole nitrogens is 1. The van der Waals surface area contributed by atoms with Crippen molar-refractivity contribution in [3.8, 4) is 11.5 Å². The molecule has 0 radical (unpaired) electrons. The highest BCUT2D eigenvalue weighted by atomic mass is 32.2. The fraction of sp³-hybridized carbons (Fsp3) is 0.214. The molecule has 0 saturated carbocycles. The minimum Gasteiger partial charge on any atom is -0.507 e. The predicted octanol–water partition coefficient (Wildman–Crippen LogP) is 1.18. The Balaban J connectivity index is 0.000000399. The van der Waals surface area contributed by atoms with Gasteiger partial charge in [-0.2, -0.15) is 8.42 Å². The summed E-state index contributed by atoms with van der Waals surface area (Å²) in [4.78, 5) is 15.2. The van der Waals surface area contributed by atoms with Crippen molar-refractivity contribution in [1.29, 1.82) is 0 Å². The Kier molecular flexibility index (Phi) is 5.72. The number of phenolic OH excluding ortho intramolecular Hbond substituents is 1. The molecule has 2 heterocycles. The number of aromatic hydroxyl groups is 1. The number of ether oxygens (including phenoxy) is 1. The van der Waals surface area contributed by atoms with E-state index >= 15 is 0 Å². The minimum absolute atomic E-state index is 0.173. The number of aromatic amines is 1. The number of fused-ring (bicyclic) bond motifs is 1. The first-order valence-electron chi connectivity index (χ1n) is 6.94. The van der Waals surface area contributed by atoms with Gasteiger partial charge in [0.2, 0.25) is 0 Å². The van der Waals surface area contributed by atoms with Crippen LogP contribution in [0.1, 0.15) is 5.56 Å². The zero-order chi connectivity index (χ0) is 18.4. The van der Waals surface area contributed by atoms with Gasteiger partial charge < -0.3 is 20.1 Å². The van der Waals surface area contributed by atoms with Crippen LogP contribution in [0.4, 0.5) is 5.82 Å². The lowest BCUT2D eigenvalue weighted by atomic mass is 10.2. The second kappa shape index (κ2) is 7.77. The number of imidazole rings is 1. The van der Waals surface area contributed by atoms with Crippen LogP contribution < -0.4 is 10.1 Å². The van der Waals surface area contributed by atoms with E-state index in [1.54, 1.807) is 31.6 Å². The summed E-state index contributed by atoms with van der Waals surface area (Å²) in [6.45, 7) is 0.432. The lowest BCUT2D eigenvalue weighted by molar-refractivity contribution is 0.406. The summed E-state index contributed by atoms with van der Waals surface area (Å²) in [5.74, 6) is 1.43. The highest BCUT2D eigenvalue weighted by molar-refractivity contribution is 7.85. The summed E-state index contributed by atoms with van der Waals surface area (Å²) in [7, 11) is -2.11. The molecule has 4 N–H and O–H groups in total. The zero-order valence-corrected chi connectivity index (χ0v) is 14.3. The third kappa shape index (κ3) is 5.58. The average molecular weight is 367 g/mol. The number of methoxy groups -OCH3 is 1. The molecule has 0 aliphatic rings. The lowest BCUT2D eigenvalue weighted by Gasteiger charge is -2.09. The molecule has 25 heavy (non-hydrogen) atoms. The lowest BCUT2D eigenvalue weighted by Crippen LogP contribution is -2.03. The molecule has 1 aromatic carbocycles. The molecule has 0 fully saturated rings. The number of hydrogen-bond acceptors (Lipinski definition) is 8. The van der Waals surface area contributed by atoms with Crippen LogP contribution in [0.2, 0.25) is 0 Å². The molecule has 0 saturated heterocycles. The third-order valence-electron chi connectivity index (χ3n) is 2.96. The quantitative estimate of drug-likeness (QED) is 0.498. The maximum atomic E-state index is 9.90. The maximum absolute atomic E-state index is 9.90. The van der Waals surface area contributed by atoms with Crippen molar-refractivity contribution < 1.29 is 22.8 Å². The second-order valence-electron chi connectivity index (χ2n) is 4.90. The number of benzene rings is 1. The number of aromatic nitrogens is 4. The summed E-state index contributed by atoms with van der Waals surface area (Å²) in [5.41, 5.74) is 2.08. The fourth-order valence-corrected chi connectivity index (χ4v) is 1.90. The van der Waals surface area contributed by atoms with Crippen molar-refractivity contribution in [1.82, 2.24) is 19.9 Å². The van der Waals surface area contributed by atoms with E-state index < -0.39 is 10.1 Å². The average Bonchev–Trinajstić information content (AvgIpc) is 3.01. The van der Waals surface area contributed by atoms with Gasteiger partial charge in [-0.1, -0.05) is 0 Å². The van der Waals surface area contributed by atoms with Crippen molar-refractivity contribution in [3.05, 3.63) is 36.4 Å². The molecule has 3 rings (SSSR count). The zero-order valence-electron chi connectivity index (χ0n) is 13.5. The van der Waals surface area contributed by atoms with E-state index in [-0.39, 0.29) is 5.75 Å². The van der Waals surface area contributed by atoms with Crippen molar-refractivity contribution in [3.63, 3.8) is 0 Å². The molecule has 0 aliphatic carbocycles. The molecule has 0 atom stereocenters. The van der Waals surface area contributed by atoms with Gasteiger partial charge in [-0.05, 0) is 12.1 Å². The molecule has 134 valence electrons. The summed E-state index contributed by atoms with van der Waals surface area (Å²) < 4.78 is 30.9. The van der Waals surface area contributed by atoms with Gasteiger partial charge in [0.15, 0.2) is 11.5 Å². The third-order valence-corrected chi connectivity index (χ3v) is 2.96. The summed E-state index contributed by atoms with van der Waals surface area (Å²) in [6, 6.07) is 5.16. The van der Waals surface area contributed by atoms with Crippen molar-refractivity contribution in [2.45, 2.75) is 6.54 Å². The van der Waals surface area contributed by atoms with E-state index in [1.165, 1.54) is 6.33 Å². The van der Waals surface area contributed by atoms with Gasteiger partial charge in [0.25, 0.3) is 10.1 Å². The number of hydrogen-bond donors (Lipinski definition) is 4. The van der Waals surface area contributed by atoms with Crippen molar-refractivity contribution >= 4 is 27.1 Å². The van der Waals surface area contributed by atoms with Crippen LogP contribution in [-0.2, 0) is 16.7 Å². The first-order valence-corrected chi connectivity index (χ1v) is 8.79. The molecule has 0 unspecified atom stereocenters. The Morgan fingerprint density at radius 1 is 1.28 bits per heavy atom. The first-order chi connectivity index (χ1) is 11.8. The molecule has 0 spiro atoms. The predicted molar refractivity (Wildman–Crippen MR) is 91.1 cm³/mol. The van der Waals surface area contributed by atoms with Gasteiger partial charge in [0.1, 0.15) is 23.3 Å². The Morgan fingerprint density at radius 3 is 2.64 bits per heavy atom. The highest BCUT2D eigenvalue weighted by Crippen LogP contribution is 2.24. The normalized spacial score (nSPS) is 10.8. The highest BCUT2D eigenvalue weighted by Gasteiger charge is 2.07. The molecule has 11 heteroatoms. The monoisotopic (exact) mass is 367 g/mol. The smallest absolute Gasteiger partial charge is 0.261 e. The van der Waals surface area contributed by atoms with Crippen LogP contribution in [-0.4, -0.2) is 51.4 Å². The van der Waals surface area contributed by atoms with Crippen LogP contribution in [0.15, 0.2) is 30.9 Å². The summed E-state index contributed by atoms with van der Waals surface area (Å²) >= 11 is 0. The van der Waals surface area contributed by atoms with E-state index in [0.29, 0.717) is 30.0 Å². The Bertz CT molecular complexity index is 949. The SMILES string of the molecule is COc1ccc(CNc2ncnc3nc[nH]c23)c(O)c1.CS(=O)(=O)O. The first kappa shape index (κ1) is 18.4. The van der Waals surface area contributed by atoms with E-state index in [1.807, 2.05) is 0 Å². The van der Waals surface area contributed by atoms with E-state index in [4.69, 9.17) is 9.29 Å². The molecular weight excluding hydrogens is 350 g/mol. The van der Waals surface area contributed by atoms with Gasteiger partial charge in [-0.15, -0.1) is 0 Å². The number of nitrogens with one attached hydrogen (secondary N) is 2. The molecule has 10 nitrogen and oxygen atoms in total.